The van der Waals surface area contributed by atoms with Gasteiger partial charge >= 0.3 is 6.09 Å². The van der Waals surface area contributed by atoms with E-state index in [0.29, 0.717) is 19.1 Å². The maximum atomic E-state index is 12.2. The summed E-state index contributed by atoms with van der Waals surface area (Å²) in [6, 6.07) is 3.75. The van der Waals surface area contributed by atoms with Gasteiger partial charge in [-0.05, 0) is 52.2 Å². The summed E-state index contributed by atoms with van der Waals surface area (Å²) >= 11 is 6.13. The molecule has 2 aliphatic heterocycles. The number of rotatable bonds is 3. The van der Waals surface area contributed by atoms with Crippen LogP contribution < -0.4 is 4.90 Å². The molecule has 166 valence electrons. The van der Waals surface area contributed by atoms with Gasteiger partial charge in [0.15, 0.2) is 0 Å². The van der Waals surface area contributed by atoms with Crippen LogP contribution in [0.2, 0.25) is 5.02 Å². The summed E-state index contributed by atoms with van der Waals surface area (Å²) < 4.78 is 5.47. The molecule has 2 aliphatic rings. The Morgan fingerprint density at radius 2 is 1.73 bits per heavy atom. The average molecular weight is 439 g/mol. The number of piperidine rings is 1. The van der Waals surface area contributed by atoms with Gasteiger partial charge in [0.05, 0.1) is 4.92 Å². The van der Waals surface area contributed by atoms with E-state index in [1.54, 1.807) is 17.0 Å². The van der Waals surface area contributed by atoms with Crippen molar-refractivity contribution in [2.75, 3.05) is 44.2 Å². The summed E-state index contributed by atoms with van der Waals surface area (Å²) in [4.78, 5) is 29.4. The van der Waals surface area contributed by atoms with E-state index in [0.717, 1.165) is 50.3 Å². The Bertz CT molecular complexity index is 795. The zero-order chi connectivity index (χ0) is 22.1. The van der Waals surface area contributed by atoms with E-state index in [4.69, 9.17) is 16.3 Å². The molecule has 9 heteroatoms. The number of amides is 1. The number of hydrogen-bond donors (Lipinski definition) is 0. The molecule has 2 fully saturated rings. The van der Waals surface area contributed by atoms with E-state index < -0.39 is 10.5 Å². The molecule has 0 radical (unpaired) electrons. The van der Waals surface area contributed by atoms with Gasteiger partial charge in [0, 0.05) is 57.1 Å². The lowest BCUT2D eigenvalue weighted by atomic mass is 10.0. The molecule has 8 nitrogen and oxygen atoms in total. The predicted molar refractivity (Wildman–Crippen MR) is 117 cm³/mol. The summed E-state index contributed by atoms with van der Waals surface area (Å²) in [5.41, 5.74) is 1.32. The first-order valence-electron chi connectivity index (χ1n) is 10.5. The number of piperazine rings is 1. The fourth-order valence-electron chi connectivity index (χ4n) is 4.20. The summed E-state index contributed by atoms with van der Waals surface area (Å²) in [5.74, 6) is 0. The highest BCUT2D eigenvalue weighted by molar-refractivity contribution is 6.33. The van der Waals surface area contributed by atoms with Crippen molar-refractivity contribution in [3.05, 3.63) is 32.8 Å². The molecular formula is C21H31ClN4O4. The molecule has 0 aromatic heterocycles. The van der Waals surface area contributed by atoms with E-state index in [1.807, 2.05) is 27.7 Å². The first-order valence-corrected chi connectivity index (χ1v) is 10.8. The van der Waals surface area contributed by atoms with E-state index in [9.17, 15) is 14.9 Å². The number of halogens is 1. The molecule has 0 N–H and O–H groups in total. The number of carbonyl (C=O) groups excluding carboxylic acids is 1. The van der Waals surface area contributed by atoms with Crippen LogP contribution in [0.15, 0.2) is 12.1 Å². The third kappa shape index (κ3) is 5.35. The van der Waals surface area contributed by atoms with Crippen LogP contribution in [-0.4, -0.2) is 71.7 Å². The van der Waals surface area contributed by atoms with Gasteiger partial charge in [0.25, 0.3) is 5.69 Å². The van der Waals surface area contributed by atoms with Crippen molar-refractivity contribution in [1.82, 2.24) is 9.80 Å². The Morgan fingerprint density at radius 3 is 2.27 bits per heavy atom. The quantitative estimate of drug-likeness (QED) is 0.522. The van der Waals surface area contributed by atoms with Gasteiger partial charge in [0.2, 0.25) is 0 Å². The Morgan fingerprint density at radius 1 is 1.13 bits per heavy atom. The van der Waals surface area contributed by atoms with Crippen molar-refractivity contribution < 1.29 is 14.5 Å². The van der Waals surface area contributed by atoms with Crippen LogP contribution in [0.25, 0.3) is 0 Å². The van der Waals surface area contributed by atoms with Gasteiger partial charge in [0.1, 0.15) is 10.6 Å². The number of nitro groups is 1. The predicted octanol–water partition coefficient (Wildman–Crippen LogP) is 4.08. The molecule has 2 heterocycles. The first kappa shape index (κ1) is 22.6. The second kappa shape index (κ2) is 8.98. The monoisotopic (exact) mass is 438 g/mol. The average Bonchev–Trinajstić information content (AvgIpc) is 2.68. The molecule has 2 saturated heterocycles. The largest absolute Gasteiger partial charge is 0.444 e. The summed E-state index contributed by atoms with van der Waals surface area (Å²) in [6.45, 7) is 12.4. The molecule has 1 aromatic carbocycles. The molecule has 3 rings (SSSR count). The number of hydrogen-bond acceptors (Lipinski definition) is 6. The van der Waals surface area contributed by atoms with Crippen molar-refractivity contribution >= 4 is 29.1 Å². The lowest BCUT2D eigenvalue weighted by Gasteiger charge is -2.43. The maximum Gasteiger partial charge on any atom is 0.410 e. The third-order valence-corrected chi connectivity index (χ3v) is 6.05. The molecule has 1 aromatic rings. The standard InChI is InChI=1S/C21H31ClN4O4/c1-15-13-19(26(28)29)17(22)14-18(15)24-7-5-16(6-8-24)23-9-11-25(12-10-23)20(27)30-21(2,3)4/h13-14,16H,5-12H2,1-4H3. The van der Waals surface area contributed by atoms with Crippen molar-refractivity contribution in [3.8, 4) is 0 Å². The van der Waals surface area contributed by atoms with Crippen LogP contribution in [0.1, 0.15) is 39.2 Å². The van der Waals surface area contributed by atoms with Crippen molar-refractivity contribution in [2.45, 2.75) is 52.2 Å². The molecule has 0 bridgehead atoms. The second-order valence-electron chi connectivity index (χ2n) is 9.07. The van der Waals surface area contributed by atoms with Crippen LogP contribution in [0.4, 0.5) is 16.2 Å². The molecule has 1 amide bonds. The molecular weight excluding hydrogens is 408 g/mol. The van der Waals surface area contributed by atoms with Gasteiger partial charge in [-0.15, -0.1) is 0 Å². The maximum absolute atomic E-state index is 12.2. The molecule has 0 saturated carbocycles. The minimum absolute atomic E-state index is 0.0457. The number of nitro benzene ring substituents is 1. The van der Waals surface area contributed by atoms with Gasteiger partial charge in [-0.2, -0.15) is 0 Å². The second-order valence-corrected chi connectivity index (χ2v) is 9.48. The van der Waals surface area contributed by atoms with Gasteiger partial charge < -0.3 is 14.5 Å². The van der Waals surface area contributed by atoms with Crippen LogP contribution in [0.3, 0.4) is 0 Å². The van der Waals surface area contributed by atoms with Crippen LogP contribution in [0.5, 0.6) is 0 Å². The smallest absolute Gasteiger partial charge is 0.410 e. The zero-order valence-electron chi connectivity index (χ0n) is 18.2. The highest BCUT2D eigenvalue weighted by Crippen LogP contribution is 2.34. The minimum atomic E-state index is -0.472. The number of carbonyl (C=O) groups is 1. The van der Waals surface area contributed by atoms with Gasteiger partial charge in [-0.3, -0.25) is 15.0 Å². The highest BCUT2D eigenvalue weighted by Gasteiger charge is 2.31. The summed E-state index contributed by atoms with van der Waals surface area (Å²) in [6.07, 6.45) is 1.79. The fraction of sp³-hybridized carbons (Fsp3) is 0.667. The van der Waals surface area contributed by atoms with Gasteiger partial charge in [-0.1, -0.05) is 11.6 Å². The SMILES string of the molecule is Cc1cc([N+](=O)[O-])c(Cl)cc1N1CCC(N2CCN(C(=O)OC(C)(C)C)CC2)CC1. The van der Waals surface area contributed by atoms with Crippen molar-refractivity contribution in [2.24, 2.45) is 0 Å². The topological polar surface area (TPSA) is 79.2 Å². The number of nitrogens with zero attached hydrogens (tertiary/aromatic N) is 4. The summed E-state index contributed by atoms with van der Waals surface area (Å²) in [5, 5.41) is 11.3. The highest BCUT2D eigenvalue weighted by atomic mass is 35.5. The van der Waals surface area contributed by atoms with Crippen LogP contribution in [-0.2, 0) is 4.74 Å². The lowest BCUT2D eigenvalue weighted by Crippen LogP contribution is -2.55. The molecule has 0 atom stereocenters. The van der Waals surface area contributed by atoms with Crippen molar-refractivity contribution in [3.63, 3.8) is 0 Å². The Labute approximate surface area is 182 Å². The van der Waals surface area contributed by atoms with Gasteiger partial charge in [-0.25, -0.2) is 4.79 Å². The van der Waals surface area contributed by atoms with E-state index in [-0.39, 0.29) is 16.8 Å². The van der Waals surface area contributed by atoms with E-state index in [2.05, 4.69) is 9.80 Å². The van der Waals surface area contributed by atoms with Crippen LogP contribution in [0, 0.1) is 17.0 Å². The number of anilines is 1. The number of ether oxygens (including phenoxy) is 1. The minimum Gasteiger partial charge on any atom is -0.444 e. The molecule has 30 heavy (non-hydrogen) atoms. The zero-order valence-corrected chi connectivity index (χ0v) is 18.9. The molecule has 0 unspecified atom stereocenters. The normalized spacial score (nSPS) is 19.1. The number of aryl methyl sites for hydroxylation is 1. The van der Waals surface area contributed by atoms with Crippen LogP contribution >= 0.6 is 11.6 Å². The summed E-state index contributed by atoms with van der Waals surface area (Å²) in [7, 11) is 0. The third-order valence-electron chi connectivity index (χ3n) is 5.75. The Balaban J connectivity index is 1.53. The lowest BCUT2D eigenvalue weighted by molar-refractivity contribution is -0.384. The van der Waals surface area contributed by atoms with E-state index >= 15 is 0 Å². The molecule has 0 spiro atoms. The fourth-order valence-corrected chi connectivity index (χ4v) is 4.43. The molecule has 0 aliphatic carbocycles. The number of benzene rings is 1. The Hall–Kier alpha value is -2.06. The van der Waals surface area contributed by atoms with E-state index in [1.165, 1.54) is 0 Å². The van der Waals surface area contributed by atoms with Crippen molar-refractivity contribution in [1.29, 1.82) is 0 Å². The first-order chi connectivity index (χ1) is 14.0. The Kier molecular flexibility index (Phi) is 6.77.